The molecule has 0 saturated heterocycles. The van der Waals surface area contributed by atoms with Gasteiger partial charge in [0.25, 0.3) is 0 Å². The molecule has 0 aliphatic rings. The molecule has 0 radical (unpaired) electrons. The molecular weight excluding hydrogens is 306 g/mol. The summed E-state index contributed by atoms with van der Waals surface area (Å²) >= 11 is 1.66. The van der Waals surface area contributed by atoms with Crippen LogP contribution >= 0.6 is 11.3 Å². The van der Waals surface area contributed by atoms with Gasteiger partial charge in [-0.15, -0.1) is 11.3 Å². The predicted molar refractivity (Wildman–Crippen MR) is 94.9 cm³/mol. The van der Waals surface area contributed by atoms with Gasteiger partial charge in [-0.2, -0.15) is 0 Å². The molecule has 0 aliphatic heterocycles. The van der Waals surface area contributed by atoms with E-state index < -0.39 is 5.97 Å². The summed E-state index contributed by atoms with van der Waals surface area (Å²) in [4.78, 5) is 16.4. The molecular formula is C19H17NO2S. The summed E-state index contributed by atoms with van der Waals surface area (Å²) in [5.41, 5.74) is 3.42. The summed E-state index contributed by atoms with van der Waals surface area (Å²) in [6.07, 6.45) is 0.775. The molecule has 3 rings (SSSR count). The third-order valence-electron chi connectivity index (χ3n) is 3.53. The number of hydrogen-bond acceptors (Lipinski definition) is 4. The van der Waals surface area contributed by atoms with Crippen LogP contribution in [-0.2, 0) is 11.2 Å². The van der Waals surface area contributed by atoms with Crippen LogP contribution in [0.25, 0.3) is 20.8 Å². The van der Waals surface area contributed by atoms with Crippen molar-refractivity contribution in [1.29, 1.82) is 0 Å². The van der Waals surface area contributed by atoms with Crippen molar-refractivity contribution in [2.75, 3.05) is 0 Å². The average Bonchev–Trinajstić information content (AvgIpc) is 2.99. The highest BCUT2D eigenvalue weighted by Gasteiger charge is 2.12. The molecule has 0 unspecified atom stereocenters. The molecule has 0 aliphatic carbocycles. The minimum absolute atomic E-state index is 0.391. The van der Waals surface area contributed by atoms with Crippen molar-refractivity contribution in [3.05, 3.63) is 60.2 Å². The fourth-order valence-electron chi connectivity index (χ4n) is 2.27. The first-order chi connectivity index (χ1) is 11.1. The summed E-state index contributed by atoms with van der Waals surface area (Å²) < 4.78 is 6.56. The SMILES string of the molecule is C=C(C)C(=O)Oc1ccc(-c2nc3ccccc3s2)cc1CC. The number of benzene rings is 2. The normalized spacial score (nSPS) is 10.7. The van der Waals surface area contributed by atoms with Gasteiger partial charge in [0.15, 0.2) is 0 Å². The fourth-order valence-corrected chi connectivity index (χ4v) is 3.23. The van der Waals surface area contributed by atoms with E-state index in [1.54, 1.807) is 18.3 Å². The number of carbonyl (C=O) groups is 1. The van der Waals surface area contributed by atoms with E-state index in [9.17, 15) is 4.79 Å². The molecule has 4 heteroatoms. The lowest BCUT2D eigenvalue weighted by atomic mass is 10.1. The molecule has 0 fully saturated rings. The Labute approximate surface area is 139 Å². The summed E-state index contributed by atoms with van der Waals surface area (Å²) in [6, 6.07) is 13.9. The Kier molecular flexibility index (Phi) is 4.26. The second kappa shape index (κ2) is 6.34. The van der Waals surface area contributed by atoms with Crippen molar-refractivity contribution < 1.29 is 9.53 Å². The fraction of sp³-hybridized carbons (Fsp3) is 0.158. The molecule has 1 heterocycles. The van der Waals surface area contributed by atoms with Crippen molar-refractivity contribution in [3.8, 4) is 16.3 Å². The van der Waals surface area contributed by atoms with Crippen LogP contribution in [0, 0.1) is 0 Å². The molecule has 1 aromatic heterocycles. The number of ether oxygens (including phenoxy) is 1. The van der Waals surface area contributed by atoms with Crippen molar-refractivity contribution in [2.45, 2.75) is 20.3 Å². The van der Waals surface area contributed by atoms with Crippen LogP contribution in [0.4, 0.5) is 0 Å². The van der Waals surface area contributed by atoms with Crippen molar-refractivity contribution >= 4 is 27.5 Å². The summed E-state index contributed by atoms with van der Waals surface area (Å²) in [7, 11) is 0. The molecule has 0 amide bonds. The van der Waals surface area contributed by atoms with Crippen LogP contribution in [0.5, 0.6) is 5.75 Å². The van der Waals surface area contributed by atoms with Gasteiger partial charge in [0.1, 0.15) is 10.8 Å². The average molecular weight is 323 g/mol. The highest BCUT2D eigenvalue weighted by molar-refractivity contribution is 7.21. The van der Waals surface area contributed by atoms with Gasteiger partial charge in [0.05, 0.1) is 10.2 Å². The van der Waals surface area contributed by atoms with Crippen LogP contribution in [-0.4, -0.2) is 11.0 Å². The highest BCUT2D eigenvalue weighted by atomic mass is 32.1. The number of para-hydroxylation sites is 1. The summed E-state index contributed by atoms with van der Waals surface area (Å²) in [6.45, 7) is 7.29. The van der Waals surface area contributed by atoms with E-state index in [1.807, 2.05) is 43.3 Å². The number of thiazole rings is 1. The Bertz CT molecular complexity index is 862. The smallest absolute Gasteiger partial charge is 0.338 e. The van der Waals surface area contributed by atoms with E-state index in [0.29, 0.717) is 11.3 Å². The molecule has 23 heavy (non-hydrogen) atoms. The maximum Gasteiger partial charge on any atom is 0.338 e. The number of aromatic nitrogens is 1. The molecule has 2 aromatic carbocycles. The van der Waals surface area contributed by atoms with E-state index in [-0.39, 0.29) is 0 Å². The lowest BCUT2D eigenvalue weighted by molar-refractivity contribution is -0.130. The van der Waals surface area contributed by atoms with Gasteiger partial charge >= 0.3 is 5.97 Å². The minimum Gasteiger partial charge on any atom is -0.423 e. The molecule has 0 atom stereocenters. The Hall–Kier alpha value is -2.46. The molecule has 0 saturated carbocycles. The Morgan fingerprint density at radius 3 is 2.74 bits per heavy atom. The maximum atomic E-state index is 11.7. The Morgan fingerprint density at radius 1 is 1.26 bits per heavy atom. The van der Waals surface area contributed by atoms with Crippen LogP contribution in [0.3, 0.4) is 0 Å². The van der Waals surface area contributed by atoms with Crippen LogP contribution in [0.1, 0.15) is 19.4 Å². The summed E-state index contributed by atoms with van der Waals surface area (Å²) in [5.74, 6) is 0.192. The zero-order chi connectivity index (χ0) is 16.4. The monoisotopic (exact) mass is 323 g/mol. The highest BCUT2D eigenvalue weighted by Crippen LogP contribution is 2.33. The Balaban J connectivity index is 1.98. The molecule has 116 valence electrons. The van der Waals surface area contributed by atoms with Crippen molar-refractivity contribution in [1.82, 2.24) is 4.98 Å². The third kappa shape index (κ3) is 3.17. The third-order valence-corrected chi connectivity index (χ3v) is 4.62. The first-order valence-electron chi connectivity index (χ1n) is 7.45. The van der Waals surface area contributed by atoms with Crippen molar-refractivity contribution in [2.24, 2.45) is 0 Å². The molecule has 3 nitrogen and oxygen atoms in total. The van der Waals surface area contributed by atoms with Crippen LogP contribution in [0.2, 0.25) is 0 Å². The standard InChI is InChI=1S/C19H17NO2S/c1-4-13-11-14(9-10-16(13)22-19(21)12(2)3)18-20-15-7-5-6-8-17(15)23-18/h5-11H,2,4H2,1,3H3. The summed E-state index contributed by atoms with van der Waals surface area (Å²) in [5, 5.41) is 0.971. The first-order valence-corrected chi connectivity index (χ1v) is 8.26. The minimum atomic E-state index is -0.396. The van der Waals surface area contributed by atoms with Gasteiger partial charge in [0, 0.05) is 11.1 Å². The Morgan fingerprint density at radius 2 is 2.04 bits per heavy atom. The number of esters is 1. The van der Waals surface area contributed by atoms with Gasteiger partial charge < -0.3 is 4.74 Å². The lowest BCUT2D eigenvalue weighted by Gasteiger charge is -2.10. The van der Waals surface area contributed by atoms with Crippen molar-refractivity contribution in [3.63, 3.8) is 0 Å². The topological polar surface area (TPSA) is 39.2 Å². The van der Waals surface area contributed by atoms with E-state index in [4.69, 9.17) is 4.74 Å². The molecule has 0 N–H and O–H groups in total. The molecule has 3 aromatic rings. The zero-order valence-electron chi connectivity index (χ0n) is 13.1. The maximum absolute atomic E-state index is 11.7. The number of fused-ring (bicyclic) bond motifs is 1. The predicted octanol–water partition coefficient (Wildman–Crippen LogP) is 5.01. The number of hydrogen-bond donors (Lipinski definition) is 0. The quantitative estimate of drug-likeness (QED) is 0.385. The van der Waals surface area contributed by atoms with E-state index in [0.717, 1.165) is 28.1 Å². The largest absolute Gasteiger partial charge is 0.423 e. The zero-order valence-corrected chi connectivity index (χ0v) is 13.9. The van der Waals surface area contributed by atoms with Gasteiger partial charge in [-0.1, -0.05) is 25.6 Å². The molecule has 0 bridgehead atoms. The van der Waals surface area contributed by atoms with Gasteiger partial charge in [-0.05, 0) is 49.2 Å². The van der Waals surface area contributed by atoms with E-state index in [2.05, 4.69) is 17.6 Å². The first kappa shape index (κ1) is 15.4. The lowest BCUT2D eigenvalue weighted by Crippen LogP contribution is -2.09. The van der Waals surface area contributed by atoms with E-state index >= 15 is 0 Å². The number of aryl methyl sites for hydroxylation is 1. The van der Waals surface area contributed by atoms with Gasteiger partial charge in [0.2, 0.25) is 0 Å². The second-order valence-corrected chi connectivity index (χ2v) is 6.36. The van der Waals surface area contributed by atoms with Crippen LogP contribution in [0.15, 0.2) is 54.6 Å². The number of carbonyl (C=O) groups excluding carboxylic acids is 1. The number of rotatable bonds is 4. The number of nitrogens with zero attached hydrogens (tertiary/aromatic N) is 1. The molecule has 0 spiro atoms. The second-order valence-electron chi connectivity index (χ2n) is 5.33. The van der Waals surface area contributed by atoms with Gasteiger partial charge in [-0.3, -0.25) is 0 Å². The van der Waals surface area contributed by atoms with Crippen LogP contribution < -0.4 is 4.74 Å². The van der Waals surface area contributed by atoms with E-state index in [1.165, 1.54) is 4.70 Å². The van der Waals surface area contributed by atoms with Gasteiger partial charge in [-0.25, -0.2) is 9.78 Å².